The summed E-state index contributed by atoms with van der Waals surface area (Å²) in [6.07, 6.45) is 5.94. The molecule has 0 unspecified atom stereocenters. The summed E-state index contributed by atoms with van der Waals surface area (Å²) in [5.74, 6) is -0.133. The van der Waals surface area contributed by atoms with E-state index in [1.54, 1.807) is 36.8 Å². The maximum Gasteiger partial charge on any atom is 0.255 e. The molecule has 144 valence electrons. The molecule has 2 aromatic carbocycles. The highest BCUT2D eigenvalue weighted by molar-refractivity contribution is 7.93. The van der Waals surface area contributed by atoms with E-state index in [2.05, 4.69) is 10.3 Å². The van der Waals surface area contributed by atoms with Crippen LogP contribution in [0.25, 0.3) is 0 Å². The predicted molar refractivity (Wildman–Crippen MR) is 108 cm³/mol. The van der Waals surface area contributed by atoms with Gasteiger partial charge >= 0.3 is 0 Å². The number of carbonyl (C=O) groups excluding carboxylic acids is 1. The number of hydrogen-bond acceptors (Lipinski definition) is 4. The minimum atomic E-state index is -3.28. The predicted octanol–water partition coefficient (Wildman–Crippen LogP) is 2.72. The molecular formula is C20H20N4O3S. The van der Waals surface area contributed by atoms with Crippen molar-refractivity contribution in [2.45, 2.75) is 13.0 Å². The average molecular weight is 396 g/mol. The second-order valence-electron chi connectivity index (χ2n) is 6.68. The number of hydrogen-bond donors (Lipinski definition) is 1. The molecule has 3 aromatic rings. The van der Waals surface area contributed by atoms with Crippen molar-refractivity contribution in [1.82, 2.24) is 9.55 Å². The Labute approximate surface area is 163 Å². The first-order valence-electron chi connectivity index (χ1n) is 8.98. The molecule has 0 radical (unpaired) electrons. The normalized spacial score (nSPS) is 15.5. The van der Waals surface area contributed by atoms with Gasteiger partial charge in [0.1, 0.15) is 0 Å². The van der Waals surface area contributed by atoms with E-state index >= 15 is 0 Å². The smallest absolute Gasteiger partial charge is 0.255 e. The number of nitrogens with one attached hydrogen (secondary N) is 1. The minimum absolute atomic E-state index is 0.146. The summed E-state index contributed by atoms with van der Waals surface area (Å²) < 4.78 is 27.6. The van der Waals surface area contributed by atoms with Crippen molar-refractivity contribution in [2.24, 2.45) is 0 Å². The van der Waals surface area contributed by atoms with Gasteiger partial charge in [-0.05, 0) is 42.3 Å². The first-order valence-corrected chi connectivity index (χ1v) is 10.6. The summed E-state index contributed by atoms with van der Waals surface area (Å²) in [5, 5.41) is 2.88. The van der Waals surface area contributed by atoms with Crippen LogP contribution in [-0.2, 0) is 16.6 Å². The van der Waals surface area contributed by atoms with Crippen molar-refractivity contribution in [1.29, 1.82) is 0 Å². The molecule has 2 heterocycles. The van der Waals surface area contributed by atoms with Crippen LogP contribution < -0.4 is 9.62 Å². The van der Waals surface area contributed by atoms with Crippen molar-refractivity contribution in [2.75, 3.05) is 21.9 Å². The fourth-order valence-corrected chi connectivity index (χ4v) is 4.83. The number of benzene rings is 2. The fourth-order valence-electron chi connectivity index (χ4n) is 3.27. The lowest BCUT2D eigenvalue weighted by molar-refractivity contribution is 0.102. The standard InChI is InChI=1S/C20H20N4O3S/c25-20(17-5-2-7-19(13-17)24-9-3-11-28(24,26)27)22-18-6-1-4-16(12-18)14-23-10-8-21-15-23/h1-2,4-8,10,12-13,15H,3,9,11,14H2,(H,22,25). The molecule has 28 heavy (non-hydrogen) atoms. The number of rotatable bonds is 5. The third-order valence-electron chi connectivity index (χ3n) is 4.60. The molecule has 1 saturated heterocycles. The van der Waals surface area contributed by atoms with E-state index in [1.807, 2.05) is 35.0 Å². The van der Waals surface area contributed by atoms with Crippen LogP contribution >= 0.6 is 0 Å². The average Bonchev–Trinajstić information content (AvgIpc) is 3.31. The van der Waals surface area contributed by atoms with Crippen LogP contribution in [0.4, 0.5) is 11.4 Å². The Hall–Kier alpha value is -3.13. The van der Waals surface area contributed by atoms with E-state index in [0.29, 0.717) is 36.4 Å². The van der Waals surface area contributed by atoms with E-state index < -0.39 is 10.0 Å². The molecule has 1 aromatic heterocycles. The van der Waals surface area contributed by atoms with Gasteiger partial charge in [-0.25, -0.2) is 13.4 Å². The number of aromatic nitrogens is 2. The van der Waals surface area contributed by atoms with Gasteiger partial charge < -0.3 is 9.88 Å². The van der Waals surface area contributed by atoms with Crippen LogP contribution in [0, 0.1) is 0 Å². The van der Waals surface area contributed by atoms with Crippen molar-refractivity contribution in [3.8, 4) is 0 Å². The van der Waals surface area contributed by atoms with E-state index in [4.69, 9.17) is 0 Å². The molecule has 7 nitrogen and oxygen atoms in total. The Bertz CT molecular complexity index is 1090. The molecule has 0 atom stereocenters. The molecule has 1 N–H and O–H groups in total. The van der Waals surface area contributed by atoms with Gasteiger partial charge in [-0.2, -0.15) is 0 Å². The molecule has 1 aliphatic rings. The van der Waals surface area contributed by atoms with Crippen LogP contribution in [0.3, 0.4) is 0 Å². The minimum Gasteiger partial charge on any atom is -0.333 e. The van der Waals surface area contributed by atoms with E-state index in [0.717, 1.165) is 5.56 Å². The molecule has 0 bridgehead atoms. The van der Waals surface area contributed by atoms with E-state index in [9.17, 15) is 13.2 Å². The van der Waals surface area contributed by atoms with Gasteiger partial charge in [-0.15, -0.1) is 0 Å². The quantitative estimate of drug-likeness (QED) is 0.719. The number of amides is 1. The number of nitrogens with zero attached hydrogens (tertiary/aromatic N) is 3. The molecule has 1 aliphatic heterocycles. The van der Waals surface area contributed by atoms with Gasteiger partial charge in [0.2, 0.25) is 10.0 Å². The van der Waals surface area contributed by atoms with Gasteiger partial charge in [-0.1, -0.05) is 18.2 Å². The molecular weight excluding hydrogens is 376 g/mol. The van der Waals surface area contributed by atoms with Gasteiger partial charge in [-0.3, -0.25) is 9.10 Å². The summed E-state index contributed by atoms with van der Waals surface area (Å²) in [4.78, 5) is 16.7. The highest BCUT2D eigenvalue weighted by Gasteiger charge is 2.28. The van der Waals surface area contributed by atoms with Crippen LogP contribution in [0.15, 0.2) is 67.3 Å². The molecule has 1 amide bonds. The topological polar surface area (TPSA) is 84.3 Å². The lowest BCUT2D eigenvalue weighted by Crippen LogP contribution is -2.25. The maximum atomic E-state index is 12.7. The molecule has 1 fully saturated rings. The zero-order valence-electron chi connectivity index (χ0n) is 15.2. The van der Waals surface area contributed by atoms with Gasteiger partial charge in [0, 0.05) is 36.7 Å². The van der Waals surface area contributed by atoms with E-state index in [-0.39, 0.29) is 11.7 Å². The number of carbonyl (C=O) groups is 1. The van der Waals surface area contributed by atoms with Crippen molar-refractivity contribution in [3.05, 3.63) is 78.4 Å². The third-order valence-corrected chi connectivity index (χ3v) is 6.47. The Morgan fingerprint density at radius 1 is 1.14 bits per heavy atom. The Morgan fingerprint density at radius 2 is 2.00 bits per heavy atom. The molecule has 0 spiro atoms. The van der Waals surface area contributed by atoms with Crippen molar-refractivity contribution in [3.63, 3.8) is 0 Å². The SMILES string of the molecule is O=C(Nc1cccc(Cn2ccnc2)c1)c1cccc(N2CCCS2(=O)=O)c1. The lowest BCUT2D eigenvalue weighted by atomic mass is 10.1. The second kappa shape index (κ2) is 7.47. The monoisotopic (exact) mass is 396 g/mol. The second-order valence-corrected chi connectivity index (χ2v) is 8.69. The fraction of sp³-hybridized carbons (Fsp3) is 0.200. The lowest BCUT2D eigenvalue weighted by Gasteiger charge is -2.17. The van der Waals surface area contributed by atoms with Gasteiger partial charge in [0.15, 0.2) is 0 Å². The highest BCUT2D eigenvalue weighted by atomic mass is 32.2. The molecule has 4 rings (SSSR count). The maximum absolute atomic E-state index is 12.7. The zero-order chi connectivity index (χ0) is 19.6. The van der Waals surface area contributed by atoms with Gasteiger partial charge in [0.05, 0.1) is 17.8 Å². The molecule has 0 saturated carbocycles. The molecule has 8 heteroatoms. The van der Waals surface area contributed by atoms with Crippen LogP contribution in [-0.4, -0.2) is 36.2 Å². The van der Waals surface area contributed by atoms with Crippen LogP contribution in [0.5, 0.6) is 0 Å². The summed E-state index contributed by atoms with van der Waals surface area (Å²) in [7, 11) is -3.28. The number of anilines is 2. The largest absolute Gasteiger partial charge is 0.333 e. The number of sulfonamides is 1. The summed E-state index contributed by atoms with van der Waals surface area (Å²) in [6.45, 7) is 1.11. The first-order chi connectivity index (χ1) is 13.5. The zero-order valence-corrected chi connectivity index (χ0v) is 16.0. The third kappa shape index (κ3) is 3.91. The van der Waals surface area contributed by atoms with Crippen LogP contribution in [0.2, 0.25) is 0 Å². The van der Waals surface area contributed by atoms with Crippen molar-refractivity contribution >= 4 is 27.3 Å². The molecule has 0 aliphatic carbocycles. The summed E-state index contributed by atoms with van der Waals surface area (Å²) >= 11 is 0. The number of imidazole rings is 1. The van der Waals surface area contributed by atoms with Crippen LogP contribution in [0.1, 0.15) is 22.3 Å². The summed E-state index contributed by atoms with van der Waals surface area (Å²) in [6, 6.07) is 14.3. The van der Waals surface area contributed by atoms with Gasteiger partial charge in [0.25, 0.3) is 5.91 Å². The highest BCUT2D eigenvalue weighted by Crippen LogP contribution is 2.25. The Balaban J connectivity index is 1.50. The van der Waals surface area contributed by atoms with Crippen molar-refractivity contribution < 1.29 is 13.2 Å². The van der Waals surface area contributed by atoms with E-state index in [1.165, 1.54) is 4.31 Å². The Morgan fingerprint density at radius 3 is 2.75 bits per heavy atom. The summed E-state index contributed by atoms with van der Waals surface area (Å²) in [5.41, 5.74) is 2.66. The first kappa shape index (κ1) is 18.2. The Kier molecular flexibility index (Phi) is 4.87.